The van der Waals surface area contributed by atoms with E-state index in [1.807, 2.05) is 36.4 Å². The second-order valence-electron chi connectivity index (χ2n) is 9.23. The minimum absolute atomic E-state index is 0.0872. The maximum absolute atomic E-state index is 13.9. The average molecular weight is 537 g/mol. The summed E-state index contributed by atoms with van der Waals surface area (Å²) in [6.07, 6.45) is 1.81. The second-order valence-corrected chi connectivity index (χ2v) is 9.23. The molecule has 0 bridgehead atoms. The number of fused-ring (bicyclic) bond motifs is 1. The van der Waals surface area contributed by atoms with Crippen molar-refractivity contribution in [3.63, 3.8) is 0 Å². The smallest absolute Gasteiger partial charge is 0.359 e. The van der Waals surface area contributed by atoms with Gasteiger partial charge in [-0.1, -0.05) is 24.3 Å². The molecule has 0 saturated carbocycles. The molecule has 1 N–H and O–H groups in total. The van der Waals surface area contributed by atoms with Crippen LogP contribution in [0.4, 0.5) is 0 Å². The number of hydrogen-bond donors (Lipinski definition) is 1. The van der Waals surface area contributed by atoms with Crippen molar-refractivity contribution >= 4 is 17.8 Å². The van der Waals surface area contributed by atoms with Gasteiger partial charge < -0.3 is 33.7 Å². The van der Waals surface area contributed by atoms with Crippen LogP contribution >= 0.6 is 0 Å². The van der Waals surface area contributed by atoms with Crippen molar-refractivity contribution in [3.05, 3.63) is 71.3 Å². The van der Waals surface area contributed by atoms with Gasteiger partial charge in [0.15, 0.2) is 17.2 Å². The zero-order chi connectivity index (χ0) is 28.2. The third-order valence-corrected chi connectivity index (χ3v) is 6.93. The fourth-order valence-corrected chi connectivity index (χ4v) is 4.78. The van der Waals surface area contributed by atoms with Crippen molar-refractivity contribution in [1.82, 2.24) is 19.8 Å². The number of amides is 2. The normalized spacial score (nSPS) is 16.3. The lowest BCUT2D eigenvalue weighted by atomic mass is 9.93. The SMILES string of the molecule is COC(=O)c1ncn2c1C(=O)N(CCc1ccc(OC)c(OC)c1)[C@](C)(C(=O)NCc1ccccc1OC)C2. The second kappa shape index (κ2) is 11.5. The number of nitrogens with zero attached hydrogens (tertiary/aromatic N) is 3. The topological polar surface area (TPSA) is 121 Å². The fraction of sp³-hybridized carbons (Fsp3) is 0.357. The lowest BCUT2D eigenvalue weighted by molar-refractivity contribution is -0.133. The van der Waals surface area contributed by atoms with Crippen molar-refractivity contribution in [3.8, 4) is 17.2 Å². The molecule has 0 spiro atoms. The van der Waals surface area contributed by atoms with E-state index in [2.05, 4.69) is 10.3 Å². The summed E-state index contributed by atoms with van der Waals surface area (Å²) < 4.78 is 22.5. The average Bonchev–Trinajstić information content (AvgIpc) is 3.38. The molecule has 3 aromatic rings. The van der Waals surface area contributed by atoms with Gasteiger partial charge in [0, 0.05) is 18.7 Å². The van der Waals surface area contributed by atoms with Crippen LogP contribution in [0.5, 0.6) is 17.2 Å². The largest absolute Gasteiger partial charge is 0.496 e. The Morgan fingerprint density at radius 1 is 1.00 bits per heavy atom. The Balaban J connectivity index is 1.65. The molecule has 0 fully saturated rings. The van der Waals surface area contributed by atoms with E-state index in [4.69, 9.17) is 18.9 Å². The molecule has 1 aromatic heterocycles. The van der Waals surface area contributed by atoms with Crippen LogP contribution in [0, 0.1) is 0 Å². The third-order valence-electron chi connectivity index (χ3n) is 6.93. The van der Waals surface area contributed by atoms with E-state index < -0.39 is 17.4 Å². The number of methoxy groups -OCH3 is 4. The molecule has 2 aromatic carbocycles. The molecule has 0 aliphatic carbocycles. The van der Waals surface area contributed by atoms with Gasteiger partial charge in [-0.2, -0.15) is 0 Å². The molecule has 1 aliphatic heterocycles. The van der Waals surface area contributed by atoms with Crippen LogP contribution in [0.2, 0.25) is 0 Å². The zero-order valence-electron chi connectivity index (χ0n) is 22.6. The van der Waals surface area contributed by atoms with Gasteiger partial charge in [0.2, 0.25) is 5.91 Å². The Bertz CT molecular complexity index is 1390. The van der Waals surface area contributed by atoms with E-state index >= 15 is 0 Å². The molecular formula is C28H32N4O7. The molecule has 2 amide bonds. The number of carbonyl (C=O) groups excluding carboxylic acids is 3. The van der Waals surface area contributed by atoms with Gasteiger partial charge >= 0.3 is 5.97 Å². The Morgan fingerprint density at radius 3 is 2.41 bits per heavy atom. The van der Waals surface area contributed by atoms with E-state index in [1.165, 1.54) is 22.9 Å². The molecule has 39 heavy (non-hydrogen) atoms. The number of ether oxygens (including phenoxy) is 4. The molecule has 0 unspecified atom stereocenters. The number of hydrogen-bond acceptors (Lipinski definition) is 8. The Hall–Kier alpha value is -4.54. The molecule has 11 heteroatoms. The highest BCUT2D eigenvalue weighted by molar-refractivity contribution is 6.06. The quantitative estimate of drug-likeness (QED) is 0.393. The zero-order valence-corrected chi connectivity index (χ0v) is 22.6. The van der Waals surface area contributed by atoms with Gasteiger partial charge in [0.1, 0.15) is 17.0 Å². The first-order chi connectivity index (χ1) is 18.8. The number of aromatic nitrogens is 2. The van der Waals surface area contributed by atoms with Crippen LogP contribution < -0.4 is 19.5 Å². The van der Waals surface area contributed by atoms with E-state index in [0.717, 1.165) is 11.1 Å². The number of carbonyl (C=O) groups is 3. The number of para-hydroxylation sites is 1. The highest BCUT2D eigenvalue weighted by Gasteiger charge is 2.48. The predicted molar refractivity (Wildman–Crippen MR) is 141 cm³/mol. The van der Waals surface area contributed by atoms with Crippen LogP contribution in [-0.4, -0.2) is 72.8 Å². The summed E-state index contributed by atoms with van der Waals surface area (Å²) in [7, 11) is 5.90. The Morgan fingerprint density at radius 2 is 1.72 bits per heavy atom. The maximum Gasteiger partial charge on any atom is 0.359 e. The monoisotopic (exact) mass is 536 g/mol. The lowest BCUT2D eigenvalue weighted by Gasteiger charge is -2.43. The van der Waals surface area contributed by atoms with E-state index in [1.54, 1.807) is 34.3 Å². The van der Waals surface area contributed by atoms with Gasteiger partial charge in [-0.25, -0.2) is 9.78 Å². The molecule has 2 heterocycles. The van der Waals surface area contributed by atoms with E-state index in [9.17, 15) is 14.4 Å². The number of nitrogens with one attached hydrogen (secondary N) is 1. The van der Waals surface area contributed by atoms with Gasteiger partial charge in [0.05, 0.1) is 41.3 Å². The first-order valence-electron chi connectivity index (χ1n) is 12.3. The third kappa shape index (κ3) is 5.25. The minimum Gasteiger partial charge on any atom is -0.496 e. The first-order valence-corrected chi connectivity index (χ1v) is 12.3. The molecule has 1 aliphatic rings. The number of rotatable bonds is 10. The highest BCUT2D eigenvalue weighted by atomic mass is 16.5. The molecule has 0 radical (unpaired) electrons. The molecule has 206 valence electrons. The number of benzene rings is 2. The standard InChI is InChI=1S/C28H32N4O7/c1-28(27(35)29-15-19-8-6-7-9-20(19)36-2)16-31-17-30-23(26(34)39-5)24(31)25(33)32(28)13-12-18-10-11-21(37-3)22(14-18)38-4/h6-11,14,17H,12-13,15-16H2,1-5H3,(H,29,35)/t28-/m0/s1. The molecule has 11 nitrogen and oxygen atoms in total. The first kappa shape index (κ1) is 27.5. The Labute approximate surface area is 226 Å². The lowest BCUT2D eigenvalue weighted by Crippen LogP contribution is -2.64. The van der Waals surface area contributed by atoms with Crippen molar-refractivity contribution in [2.75, 3.05) is 35.0 Å². The summed E-state index contributed by atoms with van der Waals surface area (Å²) in [5.74, 6) is 0.224. The highest BCUT2D eigenvalue weighted by Crippen LogP contribution is 2.31. The van der Waals surface area contributed by atoms with Gasteiger partial charge in [-0.15, -0.1) is 0 Å². The van der Waals surface area contributed by atoms with Crippen LogP contribution in [0.1, 0.15) is 39.0 Å². The molecule has 4 rings (SSSR count). The number of esters is 1. The minimum atomic E-state index is -1.28. The summed E-state index contributed by atoms with van der Waals surface area (Å²) in [4.78, 5) is 45.6. The summed E-state index contributed by atoms with van der Waals surface area (Å²) in [6, 6.07) is 12.9. The summed E-state index contributed by atoms with van der Waals surface area (Å²) in [5.41, 5.74) is 0.396. The Kier molecular flexibility index (Phi) is 8.08. The molecule has 1 atom stereocenters. The van der Waals surface area contributed by atoms with Crippen LogP contribution in [0.25, 0.3) is 0 Å². The van der Waals surface area contributed by atoms with E-state index in [0.29, 0.717) is 23.7 Å². The summed E-state index contributed by atoms with van der Waals surface area (Å²) >= 11 is 0. The molecular weight excluding hydrogens is 504 g/mol. The fourth-order valence-electron chi connectivity index (χ4n) is 4.78. The van der Waals surface area contributed by atoms with E-state index in [-0.39, 0.29) is 36.9 Å². The van der Waals surface area contributed by atoms with Crippen molar-refractivity contribution < 1.29 is 33.3 Å². The van der Waals surface area contributed by atoms with Crippen LogP contribution in [0.3, 0.4) is 0 Å². The summed E-state index contributed by atoms with van der Waals surface area (Å²) in [6.45, 7) is 2.21. The van der Waals surface area contributed by atoms with Crippen LogP contribution in [-0.2, 0) is 29.0 Å². The van der Waals surface area contributed by atoms with Crippen molar-refractivity contribution in [2.45, 2.75) is 32.0 Å². The molecule has 0 saturated heterocycles. The number of imidazole rings is 1. The predicted octanol–water partition coefficient (Wildman–Crippen LogP) is 2.47. The maximum atomic E-state index is 13.9. The van der Waals surface area contributed by atoms with Gasteiger partial charge in [-0.3, -0.25) is 9.59 Å². The van der Waals surface area contributed by atoms with Gasteiger partial charge in [0.25, 0.3) is 5.91 Å². The van der Waals surface area contributed by atoms with Crippen molar-refractivity contribution in [1.29, 1.82) is 0 Å². The van der Waals surface area contributed by atoms with Crippen molar-refractivity contribution in [2.24, 2.45) is 0 Å². The van der Waals surface area contributed by atoms with Crippen LogP contribution in [0.15, 0.2) is 48.8 Å². The van der Waals surface area contributed by atoms with Gasteiger partial charge in [-0.05, 0) is 37.1 Å². The summed E-state index contributed by atoms with van der Waals surface area (Å²) in [5, 5.41) is 2.96.